The molecule has 3 heterocycles. The molecule has 0 bridgehead atoms. The van der Waals surface area contributed by atoms with E-state index in [1.54, 1.807) is 54.6 Å². The van der Waals surface area contributed by atoms with Gasteiger partial charge in [-0.05, 0) is 157 Å². The van der Waals surface area contributed by atoms with Crippen molar-refractivity contribution in [1.29, 1.82) is 0 Å². The lowest BCUT2D eigenvalue weighted by molar-refractivity contribution is -0.165. The first kappa shape index (κ1) is 104. The van der Waals surface area contributed by atoms with Crippen molar-refractivity contribution in [2.45, 2.75) is 95.8 Å². The van der Waals surface area contributed by atoms with E-state index in [0.717, 1.165) is 76.3 Å². The number of sulfonamides is 2. The fourth-order valence-corrected chi connectivity index (χ4v) is 18.4. The molecule has 0 aromatic heterocycles. The molecule has 0 saturated carbocycles. The van der Waals surface area contributed by atoms with Gasteiger partial charge in [-0.1, -0.05) is 106 Å². The Hall–Kier alpha value is -5.77. The number of carbonyl (C=O) groups excluding carboxylic acids is 2. The lowest BCUT2D eigenvalue weighted by atomic mass is 9.85. The van der Waals surface area contributed by atoms with Crippen LogP contribution in [0.15, 0.2) is 124 Å². The number of nitrogens with one attached hydrogen (secondary N) is 3. The van der Waals surface area contributed by atoms with Crippen LogP contribution in [0.2, 0.25) is 30.1 Å². The number of nitrogens with zero attached hydrogens (tertiary/aromatic N) is 3. The van der Waals surface area contributed by atoms with Crippen molar-refractivity contribution in [2.24, 2.45) is 5.73 Å². The second kappa shape index (κ2) is 53.3. The largest absolute Gasteiger partial charge is 0.479 e. The summed E-state index contributed by atoms with van der Waals surface area (Å²) in [6.07, 6.45) is -7.94. The summed E-state index contributed by atoms with van der Waals surface area (Å²) in [5.41, 5.74) is 14.5. The number of benzene rings is 6. The van der Waals surface area contributed by atoms with Gasteiger partial charge in [-0.25, -0.2) is 44.3 Å². The Labute approximate surface area is 747 Å². The zero-order chi connectivity index (χ0) is 89.8. The molecule has 1 amide bonds. The monoisotopic (exact) mass is 1900 g/mol. The van der Waals surface area contributed by atoms with Crippen LogP contribution in [0, 0.1) is 0 Å². The smallest absolute Gasteiger partial charge is 0.335 e. The molecule has 0 spiro atoms. The molecule has 3 aliphatic rings. The summed E-state index contributed by atoms with van der Waals surface area (Å²) >= 11 is 38.3. The Morgan fingerprint density at radius 2 is 0.707 bits per heavy atom. The predicted octanol–water partition coefficient (Wildman–Crippen LogP) is 6.62. The van der Waals surface area contributed by atoms with Crippen LogP contribution in [0.1, 0.15) is 87.1 Å². The fraction of sp³-hybridized carbons (Fsp3) is 0.512. The number of ether oxygens (including phenoxy) is 9. The normalized spacial score (nSPS) is 16.7. The van der Waals surface area contributed by atoms with E-state index in [1.807, 2.05) is 75.7 Å². The molecule has 0 saturated heterocycles. The molecule has 7 atom stereocenters. The summed E-state index contributed by atoms with van der Waals surface area (Å²) in [6, 6.07) is 31.8. The molecule has 6 aromatic rings. The number of Topliss-reactive ketones (excluding diaryl/α,β-unsaturated/α-hetero) is 1. The number of aliphatic hydroxyl groups excluding tert-OH is 4. The second-order valence-electron chi connectivity index (χ2n) is 28.9. The maximum atomic E-state index is 13.0. The standard InChI is InChI=1S/C54H70Cl4N4O14S2.C24H33Cl2N3O5S.C4H6O6/c1-61-33-45(43-29-39(55)31-49(57)47(43)35-61)37-6-10-41(11-7-37)77(67,68)28-4-17-72-21-25-75-24-20-71-16-3-5-51(63)52(64)53(65)54(66)59-14-18-73-22-26-76-27-23-74-19-15-60-78(69,70)42-12-8-38(9-13-42)46-34-62(2)36-48-44(46)30-40(56)32-50(48)58;1-29-16-22(21-14-19(25)15-24(26)23(21)17-29)18-2-4-20(5-3-18)35(30,31)28-7-9-33-11-13-34-12-10-32-8-6-27;5-1(3(7)8)2(6)4(9)10/h6-13,29-32,45-46,52-53,60,64-65H,3-5,14-28,33-36H2,1-2H3,(H,59,66);2-5,14-15,22,28H,6-13,16-17,27H2,1H3;1-2,5-6H,(H,7,8)(H,9,10)/t45-,46-,52+,53-;22-;1-,2-/m000/s1. The Bertz CT molecular complexity index is 4490. The number of rotatable bonds is 51. The molecule has 3 aliphatic heterocycles. The van der Waals surface area contributed by atoms with E-state index in [9.17, 15) is 54.6 Å². The number of fused-ring (bicyclic) bond motifs is 3. The van der Waals surface area contributed by atoms with Gasteiger partial charge in [-0.15, -0.1) is 0 Å². The third-order valence-corrected chi connectivity index (χ3v) is 26.0. The molecule has 0 aliphatic carbocycles. The van der Waals surface area contributed by atoms with Gasteiger partial charge in [0.2, 0.25) is 20.0 Å². The van der Waals surface area contributed by atoms with Gasteiger partial charge in [0.1, 0.15) is 6.10 Å². The number of hydrogen-bond donors (Lipinski definition) is 10. The van der Waals surface area contributed by atoms with Crippen LogP contribution in [-0.4, -0.2) is 310 Å². The van der Waals surface area contributed by atoms with Crippen LogP contribution in [0.25, 0.3) is 0 Å². The summed E-state index contributed by atoms with van der Waals surface area (Å²) in [5, 5.41) is 59.0. The van der Waals surface area contributed by atoms with E-state index in [-0.39, 0.29) is 157 Å². The number of hydrogen-bond acceptors (Lipinski definition) is 27. The van der Waals surface area contributed by atoms with E-state index < -0.39 is 77.9 Å². The number of amides is 1. The number of halogens is 6. The average molecular weight is 1900 g/mol. The third kappa shape index (κ3) is 34.3. The maximum Gasteiger partial charge on any atom is 0.335 e. The summed E-state index contributed by atoms with van der Waals surface area (Å²) in [5.74, 6) is -5.19. The number of nitrogens with two attached hydrogens (primary N) is 1. The molecular formula is C82H109Cl6N7O25S3. The van der Waals surface area contributed by atoms with E-state index in [2.05, 4.69) is 29.5 Å². The van der Waals surface area contributed by atoms with Gasteiger partial charge in [-0.2, -0.15) is 0 Å². The van der Waals surface area contributed by atoms with E-state index in [1.165, 1.54) is 0 Å². The number of aliphatic carboxylic acids is 2. The maximum absolute atomic E-state index is 13.0. The van der Waals surface area contributed by atoms with Crippen LogP contribution in [-0.2, 0) is 111 Å². The SMILES string of the molecule is CN1Cc2c(Cl)cc(Cl)cc2[C@H](c2ccc(S(=O)(=O)CCCOCCOCCOCCCC(=O)[C@@H](O)[C@H](O)C(=O)NCCOCCOCCOCCNS(=O)(=O)c3ccc([C@@H]4CN(C)Cc5c(Cl)cc(Cl)cc54)cc3)cc2)C1.CN1Cc2c(Cl)cc(Cl)cc2[C@H](c2ccc(S(=O)(=O)NCCOCCOCCOCCN)cc2)C1.O=C(O)[C@@H](O)[C@H](O)C(=O)O. The highest BCUT2D eigenvalue weighted by molar-refractivity contribution is 7.91. The number of likely N-dealkylation sites (N-methyl/N-ethyl adjacent to an activating group) is 3. The molecule has 0 radical (unpaired) electrons. The summed E-state index contributed by atoms with van der Waals surface area (Å²) in [4.78, 5) is 51.4. The summed E-state index contributed by atoms with van der Waals surface area (Å²) in [6.45, 7) is 10.2. The highest BCUT2D eigenvalue weighted by atomic mass is 35.5. The van der Waals surface area contributed by atoms with Crippen LogP contribution >= 0.6 is 69.6 Å². The zero-order valence-electron chi connectivity index (χ0n) is 68.4. The average Bonchev–Trinajstić information content (AvgIpc) is 0.784. The van der Waals surface area contributed by atoms with Gasteiger partial charge in [0.25, 0.3) is 5.91 Å². The minimum atomic E-state index is -3.77. The molecule has 0 unspecified atom stereocenters. The van der Waals surface area contributed by atoms with Crippen molar-refractivity contribution in [2.75, 3.05) is 192 Å². The quantitative estimate of drug-likeness (QED) is 0.0179. The molecule has 123 heavy (non-hydrogen) atoms. The molecule has 11 N–H and O–H groups in total. The fourth-order valence-electron chi connectivity index (χ4n) is 13.3. The highest BCUT2D eigenvalue weighted by Gasteiger charge is 2.34. The number of carbonyl (C=O) groups is 4. The van der Waals surface area contributed by atoms with Crippen molar-refractivity contribution in [1.82, 2.24) is 29.5 Å². The molecule has 0 fully saturated rings. The zero-order valence-corrected chi connectivity index (χ0v) is 75.4. The molecule has 41 heteroatoms. The summed E-state index contributed by atoms with van der Waals surface area (Å²) in [7, 11) is -4.86. The lowest BCUT2D eigenvalue weighted by Gasteiger charge is -2.33. The molecule has 32 nitrogen and oxygen atoms in total. The number of ketones is 1. The topological polar surface area (TPSA) is 447 Å². The summed E-state index contributed by atoms with van der Waals surface area (Å²) < 4.78 is 131. The van der Waals surface area contributed by atoms with Crippen LogP contribution in [0.3, 0.4) is 0 Å². The Morgan fingerprint density at radius 1 is 0.407 bits per heavy atom. The van der Waals surface area contributed by atoms with Gasteiger partial charge in [-0.3, -0.25) is 9.59 Å². The van der Waals surface area contributed by atoms with Crippen LogP contribution < -0.4 is 20.5 Å². The third-order valence-electron chi connectivity index (χ3n) is 19.5. The predicted molar refractivity (Wildman–Crippen MR) is 463 cm³/mol. The van der Waals surface area contributed by atoms with Crippen molar-refractivity contribution >= 4 is 123 Å². The minimum Gasteiger partial charge on any atom is -0.479 e. The number of sulfone groups is 1. The van der Waals surface area contributed by atoms with Gasteiger partial charge in [0.05, 0.1) is 126 Å². The minimum absolute atomic E-state index is 0.00700. The lowest BCUT2D eigenvalue weighted by Crippen LogP contribution is -2.46. The van der Waals surface area contributed by atoms with E-state index >= 15 is 0 Å². The van der Waals surface area contributed by atoms with Gasteiger partial charge >= 0.3 is 11.9 Å². The van der Waals surface area contributed by atoms with E-state index in [0.29, 0.717) is 89.2 Å². The van der Waals surface area contributed by atoms with Crippen molar-refractivity contribution in [3.8, 4) is 0 Å². The van der Waals surface area contributed by atoms with Gasteiger partial charge in [0, 0.05) is 133 Å². The number of carboxylic acid groups (broad SMARTS) is 2. The number of aliphatic hydroxyl groups is 4. The first-order valence-electron chi connectivity index (χ1n) is 39.5. The van der Waals surface area contributed by atoms with Crippen LogP contribution in [0.5, 0.6) is 0 Å². The van der Waals surface area contributed by atoms with Crippen molar-refractivity contribution in [3.05, 3.63) is 189 Å². The second-order valence-corrected chi connectivity index (χ2v) is 37.1. The molecule has 9 rings (SSSR count). The van der Waals surface area contributed by atoms with Crippen molar-refractivity contribution in [3.63, 3.8) is 0 Å². The van der Waals surface area contributed by atoms with Crippen molar-refractivity contribution < 1.29 is 118 Å². The molecule has 682 valence electrons. The Morgan fingerprint density at radius 3 is 1.04 bits per heavy atom. The van der Waals surface area contributed by atoms with Gasteiger partial charge < -0.3 is 99.0 Å². The highest BCUT2D eigenvalue weighted by Crippen LogP contribution is 2.42. The van der Waals surface area contributed by atoms with E-state index in [4.69, 9.17) is 138 Å². The Kier molecular flexibility index (Phi) is 45.2. The van der Waals surface area contributed by atoms with Crippen LogP contribution in [0.4, 0.5) is 0 Å². The molecule has 6 aromatic carbocycles. The first-order chi connectivity index (χ1) is 58.6. The first-order valence-corrected chi connectivity index (χ1v) is 46.4. The van der Waals surface area contributed by atoms with Gasteiger partial charge in [0.15, 0.2) is 33.9 Å². The number of carboxylic acids is 2. The Balaban J connectivity index is 0.000000378. The molecular weight excluding hydrogens is 1790 g/mol.